The van der Waals surface area contributed by atoms with Crippen molar-refractivity contribution in [1.82, 2.24) is 0 Å². The molecule has 0 aliphatic heterocycles. The van der Waals surface area contributed by atoms with Gasteiger partial charge in [0.25, 0.3) is 0 Å². The third-order valence-electron chi connectivity index (χ3n) is 5.18. The number of carbonyl (C=O) groups is 1. The highest BCUT2D eigenvalue weighted by Gasteiger charge is 2.49. The van der Waals surface area contributed by atoms with Crippen molar-refractivity contribution in [2.75, 3.05) is 0 Å². The van der Waals surface area contributed by atoms with E-state index in [2.05, 4.69) is 0 Å². The SMILES string of the molecule is C[C@@H]1[C@@H](OCc2ccccc2)[C@@H](OCc2ccccc2)C(=O)CC1(C)O. The predicted octanol–water partition coefficient (Wildman–Crippen LogP) is 3.52. The van der Waals surface area contributed by atoms with Gasteiger partial charge in [-0.25, -0.2) is 0 Å². The summed E-state index contributed by atoms with van der Waals surface area (Å²) >= 11 is 0. The summed E-state index contributed by atoms with van der Waals surface area (Å²) in [7, 11) is 0. The zero-order valence-electron chi connectivity index (χ0n) is 15.3. The van der Waals surface area contributed by atoms with Crippen LogP contribution in [0.4, 0.5) is 0 Å². The van der Waals surface area contributed by atoms with Crippen LogP contribution in [-0.4, -0.2) is 28.7 Å². The van der Waals surface area contributed by atoms with Gasteiger partial charge >= 0.3 is 0 Å². The maximum absolute atomic E-state index is 12.6. The Kier molecular flexibility index (Phi) is 5.87. The van der Waals surface area contributed by atoms with Crippen molar-refractivity contribution < 1.29 is 19.4 Å². The van der Waals surface area contributed by atoms with Crippen LogP contribution in [0.3, 0.4) is 0 Å². The van der Waals surface area contributed by atoms with E-state index in [4.69, 9.17) is 9.47 Å². The first kappa shape index (κ1) is 18.8. The predicted molar refractivity (Wildman–Crippen MR) is 99.4 cm³/mol. The number of carbonyl (C=O) groups excluding carboxylic acids is 1. The van der Waals surface area contributed by atoms with E-state index >= 15 is 0 Å². The van der Waals surface area contributed by atoms with Crippen LogP contribution in [0.15, 0.2) is 60.7 Å². The minimum Gasteiger partial charge on any atom is -0.389 e. The van der Waals surface area contributed by atoms with Gasteiger partial charge in [-0.05, 0) is 18.1 Å². The van der Waals surface area contributed by atoms with Gasteiger partial charge in [-0.3, -0.25) is 4.79 Å². The van der Waals surface area contributed by atoms with Crippen LogP contribution in [0.1, 0.15) is 31.4 Å². The van der Waals surface area contributed by atoms with Crippen molar-refractivity contribution in [1.29, 1.82) is 0 Å². The largest absolute Gasteiger partial charge is 0.389 e. The third-order valence-corrected chi connectivity index (χ3v) is 5.18. The lowest BCUT2D eigenvalue weighted by Gasteiger charge is -2.43. The summed E-state index contributed by atoms with van der Waals surface area (Å²) in [6.07, 6.45) is -1.08. The number of hydrogen-bond donors (Lipinski definition) is 1. The lowest BCUT2D eigenvalue weighted by Crippen LogP contribution is -2.57. The Bertz CT molecular complexity index is 711. The van der Waals surface area contributed by atoms with E-state index in [0.717, 1.165) is 11.1 Å². The normalized spacial score (nSPS) is 28.9. The molecule has 3 rings (SSSR count). The fourth-order valence-corrected chi connectivity index (χ4v) is 3.36. The molecule has 2 aromatic rings. The first-order valence-corrected chi connectivity index (χ1v) is 9.03. The maximum atomic E-state index is 12.6. The van der Waals surface area contributed by atoms with Gasteiger partial charge in [-0.1, -0.05) is 67.6 Å². The molecule has 0 spiro atoms. The van der Waals surface area contributed by atoms with Crippen molar-refractivity contribution in [3.05, 3.63) is 71.8 Å². The van der Waals surface area contributed by atoms with Crippen LogP contribution in [0.5, 0.6) is 0 Å². The average molecular weight is 354 g/mol. The van der Waals surface area contributed by atoms with E-state index in [9.17, 15) is 9.90 Å². The number of ketones is 1. The van der Waals surface area contributed by atoms with Crippen molar-refractivity contribution in [2.45, 2.75) is 51.3 Å². The minimum atomic E-state index is -1.09. The fourth-order valence-electron chi connectivity index (χ4n) is 3.36. The Hall–Kier alpha value is -2.01. The second kappa shape index (κ2) is 8.12. The molecule has 4 nitrogen and oxygen atoms in total. The number of Topliss-reactive ketones (excluding diaryl/α,β-unsaturated/α-hetero) is 1. The molecule has 0 amide bonds. The summed E-state index contributed by atoms with van der Waals surface area (Å²) in [6, 6.07) is 19.6. The molecule has 2 aromatic carbocycles. The molecule has 1 fully saturated rings. The van der Waals surface area contributed by atoms with E-state index in [1.807, 2.05) is 67.6 Å². The van der Waals surface area contributed by atoms with Crippen LogP contribution in [0.2, 0.25) is 0 Å². The Morgan fingerprint density at radius 1 is 0.962 bits per heavy atom. The van der Waals surface area contributed by atoms with Gasteiger partial charge in [0.1, 0.15) is 6.10 Å². The van der Waals surface area contributed by atoms with Crippen LogP contribution in [-0.2, 0) is 27.5 Å². The Labute approximate surface area is 154 Å². The second-order valence-corrected chi connectivity index (χ2v) is 7.27. The molecule has 1 aliphatic rings. The number of aliphatic hydroxyl groups is 1. The van der Waals surface area contributed by atoms with Gasteiger partial charge in [0.15, 0.2) is 5.78 Å². The molecule has 1 saturated carbocycles. The second-order valence-electron chi connectivity index (χ2n) is 7.27. The van der Waals surface area contributed by atoms with Gasteiger partial charge in [-0.2, -0.15) is 0 Å². The molecule has 0 aromatic heterocycles. The summed E-state index contributed by atoms with van der Waals surface area (Å²) in [5, 5.41) is 10.6. The molecule has 1 aliphatic carbocycles. The molecular formula is C22H26O4. The summed E-state index contributed by atoms with van der Waals surface area (Å²) in [6.45, 7) is 4.34. The molecule has 26 heavy (non-hydrogen) atoms. The van der Waals surface area contributed by atoms with Crippen LogP contribution < -0.4 is 0 Å². The zero-order valence-corrected chi connectivity index (χ0v) is 15.3. The highest BCUT2D eigenvalue weighted by Crippen LogP contribution is 2.35. The Morgan fingerprint density at radius 3 is 2.00 bits per heavy atom. The van der Waals surface area contributed by atoms with E-state index in [1.54, 1.807) is 6.92 Å². The zero-order chi connectivity index (χ0) is 18.6. The standard InChI is InChI=1S/C22H26O4/c1-16-20(25-14-17-9-5-3-6-10-17)21(19(23)13-22(16,2)24)26-15-18-11-7-4-8-12-18/h3-12,16,20-21,24H,13-15H2,1-2H3/t16-,20-,21+,22?/m1/s1. The molecule has 0 bridgehead atoms. The lowest BCUT2D eigenvalue weighted by atomic mass is 9.73. The molecule has 4 atom stereocenters. The topological polar surface area (TPSA) is 55.8 Å². The van der Waals surface area contributed by atoms with Crippen LogP contribution >= 0.6 is 0 Å². The van der Waals surface area contributed by atoms with Crippen molar-refractivity contribution >= 4 is 5.78 Å². The maximum Gasteiger partial charge on any atom is 0.167 e. The van der Waals surface area contributed by atoms with E-state index in [1.165, 1.54) is 0 Å². The average Bonchev–Trinajstić information content (AvgIpc) is 2.64. The van der Waals surface area contributed by atoms with Crippen molar-refractivity contribution in [3.8, 4) is 0 Å². The highest BCUT2D eigenvalue weighted by atomic mass is 16.5. The summed E-state index contributed by atoms with van der Waals surface area (Å²) in [5.74, 6) is -0.327. The number of rotatable bonds is 6. The number of hydrogen-bond acceptors (Lipinski definition) is 4. The van der Waals surface area contributed by atoms with E-state index in [0.29, 0.717) is 13.2 Å². The molecule has 138 valence electrons. The summed E-state index contributed by atoms with van der Waals surface area (Å²) in [5.41, 5.74) is 0.941. The first-order chi connectivity index (χ1) is 12.5. The summed E-state index contributed by atoms with van der Waals surface area (Å²) < 4.78 is 12.0. The summed E-state index contributed by atoms with van der Waals surface area (Å²) in [4.78, 5) is 12.6. The Balaban J connectivity index is 1.73. The third kappa shape index (κ3) is 4.39. The number of ether oxygens (including phenoxy) is 2. The molecule has 0 heterocycles. The monoisotopic (exact) mass is 354 g/mol. The molecule has 1 unspecified atom stereocenters. The minimum absolute atomic E-state index is 0.0822. The molecule has 4 heteroatoms. The van der Waals surface area contributed by atoms with E-state index in [-0.39, 0.29) is 18.1 Å². The van der Waals surface area contributed by atoms with Gasteiger partial charge in [0.2, 0.25) is 0 Å². The van der Waals surface area contributed by atoms with E-state index < -0.39 is 17.8 Å². The molecular weight excluding hydrogens is 328 g/mol. The first-order valence-electron chi connectivity index (χ1n) is 9.03. The van der Waals surface area contributed by atoms with Gasteiger partial charge in [0, 0.05) is 12.3 Å². The quantitative estimate of drug-likeness (QED) is 0.862. The van der Waals surface area contributed by atoms with Crippen LogP contribution in [0.25, 0.3) is 0 Å². The number of benzene rings is 2. The molecule has 0 radical (unpaired) electrons. The van der Waals surface area contributed by atoms with Gasteiger partial charge < -0.3 is 14.6 Å². The smallest absolute Gasteiger partial charge is 0.167 e. The van der Waals surface area contributed by atoms with Crippen LogP contribution in [0, 0.1) is 5.92 Å². The molecule has 0 saturated heterocycles. The highest BCUT2D eigenvalue weighted by molar-refractivity contribution is 5.85. The lowest BCUT2D eigenvalue weighted by molar-refractivity contribution is -0.186. The van der Waals surface area contributed by atoms with Gasteiger partial charge in [0.05, 0.1) is 24.9 Å². The fraction of sp³-hybridized carbons (Fsp3) is 0.409. The van der Waals surface area contributed by atoms with Crippen molar-refractivity contribution in [2.24, 2.45) is 5.92 Å². The molecule has 1 N–H and O–H groups in total. The van der Waals surface area contributed by atoms with Crippen molar-refractivity contribution in [3.63, 3.8) is 0 Å². The Morgan fingerprint density at radius 2 is 1.46 bits per heavy atom. The van der Waals surface area contributed by atoms with Gasteiger partial charge in [-0.15, -0.1) is 0 Å².